The molecule has 11 heteroatoms. The van der Waals surface area contributed by atoms with Crippen molar-refractivity contribution in [2.75, 3.05) is 41.3 Å². The summed E-state index contributed by atoms with van der Waals surface area (Å²) in [6.45, 7) is 2.56. The molecule has 0 aliphatic carbocycles. The van der Waals surface area contributed by atoms with E-state index >= 15 is 0 Å². The van der Waals surface area contributed by atoms with Crippen LogP contribution >= 0.6 is 12.4 Å². The van der Waals surface area contributed by atoms with Crippen LogP contribution in [-0.4, -0.2) is 65.3 Å². The molecule has 2 aliphatic rings. The van der Waals surface area contributed by atoms with Crippen LogP contribution in [0.15, 0.2) is 60.7 Å². The molecule has 3 heterocycles. The number of nitrogens with one attached hydrogen (secondary N) is 1. The molecule has 0 amide bonds. The second kappa shape index (κ2) is 12.7. The van der Waals surface area contributed by atoms with Crippen LogP contribution in [0.1, 0.15) is 30.0 Å². The fraction of sp³-hybridized carbons (Fsp3) is 0.444. The van der Waals surface area contributed by atoms with Gasteiger partial charge in [-0.2, -0.15) is 15.0 Å². The molecule has 2 fully saturated rings. The summed E-state index contributed by atoms with van der Waals surface area (Å²) in [5, 5.41) is 3.61. The Kier molecular flexibility index (Phi) is 9.35. The van der Waals surface area contributed by atoms with Gasteiger partial charge in [-0.25, -0.2) is 0 Å². The quantitative estimate of drug-likeness (QED) is 0.297. The molecule has 0 spiro atoms. The molecule has 3 aromatic rings. The molecule has 1 unspecified atom stereocenters. The molecule has 2 aliphatic heterocycles. The first-order valence-corrected chi connectivity index (χ1v) is 13.1. The van der Waals surface area contributed by atoms with Crippen LogP contribution in [0.5, 0.6) is 0 Å². The van der Waals surface area contributed by atoms with E-state index in [1.807, 2.05) is 24.3 Å². The van der Waals surface area contributed by atoms with E-state index in [1.54, 1.807) is 0 Å². The molecular weight excluding hydrogens is 500 g/mol. The third-order valence-corrected chi connectivity index (χ3v) is 7.00. The third kappa shape index (κ3) is 7.09. The Morgan fingerprint density at radius 1 is 0.684 bits per heavy atom. The summed E-state index contributed by atoms with van der Waals surface area (Å²) < 4.78 is 0. The third-order valence-electron chi connectivity index (χ3n) is 7.00. The van der Waals surface area contributed by atoms with E-state index in [-0.39, 0.29) is 42.6 Å². The van der Waals surface area contributed by atoms with Gasteiger partial charge in [0.25, 0.3) is 0 Å². The van der Waals surface area contributed by atoms with Gasteiger partial charge in [0.1, 0.15) is 0 Å². The van der Waals surface area contributed by atoms with Crippen LogP contribution in [-0.2, 0) is 6.42 Å². The second-order valence-corrected chi connectivity index (χ2v) is 10.4. The number of halogens is 1. The highest BCUT2D eigenvalue weighted by Crippen LogP contribution is 2.26. The Labute approximate surface area is 230 Å². The largest absolute Gasteiger partial charge is 0.347 e. The molecule has 2 saturated heterocycles. The Morgan fingerprint density at radius 2 is 1.13 bits per heavy atom. The lowest BCUT2D eigenvalue weighted by Gasteiger charge is -2.37. The topological polar surface area (TPSA) is 161 Å². The van der Waals surface area contributed by atoms with Gasteiger partial charge in [0.05, 0.1) is 6.04 Å². The summed E-state index contributed by atoms with van der Waals surface area (Å²) in [6.07, 6.45) is 2.34. The standard InChI is InChI=1S/C27H38N10.ClH/c28-20-12-21(29)15-36(14-20)26-33-25(34-27(35-26)37-16-22(30)13-23(31)17-37)32-24(19-9-5-2-6-10-19)11-18-7-3-1-4-8-18;/h1-10,20-24H,11-17,28-31H2,(H,32,33,34,35);1H/t20-,21+,22-,23+,24?;. The molecule has 0 radical (unpaired) electrons. The Balaban J connectivity index is 0.00000336. The minimum atomic E-state index is -0.0385. The molecule has 0 bridgehead atoms. The zero-order chi connectivity index (χ0) is 25.8. The number of rotatable bonds is 7. The highest BCUT2D eigenvalue weighted by molar-refractivity contribution is 5.85. The smallest absolute Gasteiger partial charge is 0.232 e. The monoisotopic (exact) mass is 538 g/mol. The summed E-state index contributed by atoms with van der Waals surface area (Å²) in [5.41, 5.74) is 27.6. The van der Waals surface area contributed by atoms with E-state index in [0.29, 0.717) is 44.0 Å². The van der Waals surface area contributed by atoms with Gasteiger partial charge in [0.15, 0.2) is 0 Å². The van der Waals surface area contributed by atoms with Gasteiger partial charge in [-0.1, -0.05) is 60.7 Å². The molecule has 5 atom stereocenters. The van der Waals surface area contributed by atoms with Crippen LogP contribution in [0.3, 0.4) is 0 Å². The van der Waals surface area contributed by atoms with Crippen molar-refractivity contribution in [3.63, 3.8) is 0 Å². The van der Waals surface area contributed by atoms with Crippen molar-refractivity contribution in [1.29, 1.82) is 0 Å². The van der Waals surface area contributed by atoms with E-state index < -0.39 is 0 Å². The van der Waals surface area contributed by atoms with Gasteiger partial charge in [-0.15, -0.1) is 12.4 Å². The summed E-state index contributed by atoms with van der Waals surface area (Å²) in [4.78, 5) is 18.7. The molecule has 5 rings (SSSR count). The van der Waals surface area contributed by atoms with Crippen molar-refractivity contribution in [2.45, 2.75) is 49.5 Å². The number of nitrogens with two attached hydrogens (primary N) is 4. The van der Waals surface area contributed by atoms with Gasteiger partial charge in [0.2, 0.25) is 17.8 Å². The Hall–Kier alpha value is -3.02. The zero-order valence-electron chi connectivity index (χ0n) is 21.6. The van der Waals surface area contributed by atoms with E-state index in [1.165, 1.54) is 5.56 Å². The molecular formula is C27H39ClN10. The fourth-order valence-electron chi connectivity index (χ4n) is 5.33. The molecule has 10 nitrogen and oxygen atoms in total. The molecule has 1 aromatic heterocycles. The fourth-order valence-corrected chi connectivity index (χ4v) is 5.33. The first-order valence-electron chi connectivity index (χ1n) is 13.1. The first-order chi connectivity index (χ1) is 17.9. The van der Waals surface area contributed by atoms with E-state index in [9.17, 15) is 0 Å². The number of aromatic nitrogens is 3. The predicted octanol–water partition coefficient (Wildman–Crippen LogP) is 1.42. The highest BCUT2D eigenvalue weighted by Gasteiger charge is 2.29. The van der Waals surface area contributed by atoms with Crippen molar-refractivity contribution in [3.05, 3.63) is 71.8 Å². The average molecular weight is 539 g/mol. The lowest BCUT2D eigenvalue weighted by Crippen LogP contribution is -2.54. The summed E-state index contributed by atoms with van der Waals surface area (Å²) in [6, 6.07) is 20.6. The highest BCUT2D eigenvalue weighted by atomic mass is 35.5. The Bertz CT molecular complexity index is 1090. The molecule has 0 saturated carbocycles. The van der Waals surface area contributed by atoms with Crippen LogP contribution in [0.2, 0.25) is 0 Å². The predicted molar refractivity (Wildman–Crippen MR) is 156 cm³/mol. The van der Waals surface area contributed by atoms with Crippen LogP contribution in [0, 0.1) is 0 Å². The van der Waals surface area contributed by atoms with Crippen molar-refractivity contribution in [1.82, 2.24) is 15.0 Å². The zero-order valence-corrected chi connectivity index (χ0v) is 22.4. The lowest BCUT2D eigenvalue weighted by atomic mass is 9.99. The van der Waals surface area contributed by atoms with Crippen molar-refractivity contribution in [2.24, 2.45) is 22.9 Å². The van der Waals surface area contributed by atoms with Crippen LogP contribution in [0.25, 0.3) is 0 Å². The molecule has 9 N–H and O–H groups in total. The molecule has 38 heavy (non-hydrogen) atoms. The van der Waals surface area contributed by atoms with Crippen LogP contribution < -0.4 is 38.1 Å². The van der Waals surface area contributed by atoms with E-state index in [0.717, 1.165) is 24.8 Å². The number of hydrogen-bond acceptors (Lipinski definition) is 10. The van der Waals surface area contributed by atoms with Crippen LogP contribution in [0.4, 0.5) is 17.8 Å². The number of hydrogen-bond donors (Lipinski definition) is 5. The Morgan fingerprint density at radius 3 is 1.61 bits per heavy atom. The summed E-state index contributed by atoms with van der Waals surface area (Å²) in [7, 11) is 0. The first kappa shape index (κ1) is 28.0. The average Bonchev–Trinajstić information content (AvgIpc) is 2.88. The minimum absolute atomic E-state index is 0. The molecule has 2 aromatic carbocycles. The van der Waals surface area contributed by atoms with Gasteiger partial charge < -0.3 is 38.1 Å². The molecule has 204 valence electrons. The minimum Gasteiger partial charge on any atom is -0.347 e. The number of anilines is 3. The van der Waals surface area contributed by atoms with Crippen molar-refractivity contribution in [3.8, 4) is 0 Å². The van der Waals surface area contributed by atoms with E-state index in [4.69, 9.17) is 37.9 Å². The summed E-state index contributed by atoms with van der Waals surface area (Å²) in [5.74, 6) is 1.64. The normalized spacial score (nSPS) is 24.4. The number of nitrogens with zero attached hydrogens (tertiary/aromatic N) is 5. The second-order valence-electron chi connectivity index (χ2n) is 10.4. The van der Waals surface area contributed by atoms with E-state index in [2.05, 4.69) is 51.5 Å². The van der Waals surface area contributed by atoms with Crippen molar-refractivity contribution >= 4 is 30.3 Å². The van der Waals surface area contributed by atoms with Gasteiger partial charge >= 0.3 is 0 Å². The number of benzene rings is 2. The maximum absolute atomic E-state index is 6.30. The van der Waals surface area contributed by atoms with Crippen molar-refractivity contribution < 1.29 is 0 Å². The lowest BCUT2D eigenvalue weighted by molar-refractivity contribution is 0.441. The maximum Gasteiger partial charge on any atom is 0.232 e. The van der Waals surface area contributed by atoms with Gasteiger partial charge in [0, 0.05) is 50.3 Å². The number of piperidine rings is 2. The van der Waals surface area contributed by atoms with Gasteiger partial charge in [-0.3, -0.25) is 0 Å². The van der Waals surface area contributed by atoms with Gasteiger partial charge in [-0.05, 0) is 30.4 Å². The summed E-state index contributed by atoms with van der Waals surface area (Å²) >= 11 is 0. The SMILES string of the molecule is Cl.N[C@@H]1C[C@H](N)CN(c2nc(NC(Cc3ccccc3)c3ccccc3)nc(N3C[C@H](N)C[C@H](N)C3)n2)C1. The maximum atomic E-state index is 6.30.